The third-order valence-corrected chi connectivity index (χ3v) is 1.84. The number of aromatic nitrogens is 2. The Balaban J connectivity index is 0.000000366. The molecule has 6 N–H and O–H groups in total. The predicted molar refractivity (Wildman–Crippen MR) is 63.5 cm³/mol. The van der Waals surface area contributed by atoms with E-state index in [4.69, 9.17) is 15.9 Å². The van der Waals surface area contributed by atoms with Crippen molar-refractivity contribution in [1.29, 1.82) is 0 Å². The molecule has 0 bridgehead atoms. The van der Waals surface area contributed by atoms with Gasteiger partial charge in [0, 0.05) is 19.2 Å². The molecule has 1 rings (SSSR count). The predicted octanol–water partition coefficient (Wildman–Crippen LogP) is -1.05. The topological polar surface area (TPSA) is 124 Å². The first-order valence-corrected chi connectivity index (χ1v) is 5.39. The van der Waals surface area contributed by atoms with E-state index >= 15 is 0 Å². The first kappa shape index (κ1) is 15.6. The highest BCUT2D eigenvalue weighted by molar-refractivity contribution is 5.73. The van der Waals surface area contributed by atoms with Gasteiger partial charge in [-0.2, -0.15) is 0 Å². The number of hydrogen-bond acceptors (Lipinski definition) is 5. The highest BCUT2D eigenvalue weighted by atomic mass is 16.4. The summed E-state index contributed by atoms with van der Waals surface area (Å²) in [6, 6.07) is -0.863. The van der Waals surface area contributed by atoms with E-state index in [0.29, 0.717) is 5.69 Å². The molecule has 0 aliphatic heterocycles. The molecule has 0 spiro atoms. The minimum atomic E-state index is -1.01. The Morgan fingerprint density at radius 3 is 2.76 bits per heavy atom. The van der Waals surface area contributed by atoms with Gasteiger partial charge in [0.15, 0.2) is 0 Å². The summed E-state index contributed by atoms with van der Waals surface area (Å²) in [5, 5.41) is 19.5. The first-order valence-electron chi connectivity index (χ1n) is 5.39. The number of aromatic amines is 1. The summed E-state index contributed by atoms with van der Waals surface area (Å²) in [6.07, 6.45) is 3.38. The summed E-state index contributed by atoms with van der Waals surface area (Å²) in [7, 11) is 0. The van der Waals surface area contributed by atoms with Crippen molar-refractivity contribution in [3.63, 3.8) is 0 Å². The van der Waals surface area contributed by atoms with Crippen molar-refractivity contribution >= 4 is 5.97 Å². The van der Waals surface area contributed by atoms with Gasteiger partial charge in [0.25, 0.3) is 0 Å². The first-order chi connectivity index (χ1) is 8.11. The summed E-state index contributed by atoms with van der Waals surface area (Å²) in [5.74, 6) is -1.01. The molecule has 0 aliphatic rings. The standard InChI is InChI=1S/C6H9N3O2.C4H11NO/c7-5(6(10)11)1-4-2-8-3-9-4;1-2-5-3-4-6/h2-3,5H,1,7H2,(H,8,9)(H,10,11);5-6H,2-4H2,1H3/t5-;/m0./s1. The fourth-order valence-electron chi connectivity index (χ4n) is 0.971. The highest BCUT2D eigenvalue weighted by Crippen LogP contribution is 1.95. The maximum Gasteiger partial charge on any atom is 0.320 e. The summed E-state index contributed by atoms with van der Waals surface area (Å²) in [6.45, 7) is 3.92. The molecule has 0 aliphatic carbocycles. The molecular formula is C10H20N4O3. The average molecular weight is 244 g/mol. The van der Waals surface area contributed by atoms with Gasteiger partial charge in [0.2, 0.25) is 0 Å². The molecular weight excluding hydrogens is 224 g/mol. The van der Waals surface area contributed by atoms with Crippen LogP contribution >= 0.6 is 0 Å². The minimum absolute atomic E-state index is 0.244. The van der Waals surface area contributed by atoms with Gasteiger partial charge in [-0.25, -0.2) is 4.98 Å². The average Bonchev–Trinajstić information content (AvgIpc) is 2.79. The molecule has 0 saturated carbocycles. The summed E-state index contributed by atoms with van der Waals surface area (Å²) in [5.41, 5.74) is 5.92. The number of nitrogens with zero attached hydrogens (tertiary/aromatic N) is 1. The van der Waals surface area contributed by atoms with Crippen LogP contribution in [0, 0.1) is 0 Å². The fraction of sp³-hybridized carbons (Fsp3) is 0.600. The van der Waals surface area contributed by atoms with Crippen LogP contribution in [0.5, 0.6) is 0 Å². The van der Waals surface area contributed by atoms with Gasteiger partial charge in [-0.15, -0.1) is 0 Å². The van der Waals surface area contributed by atoms with Gasteiger partial charge in [-0.05, 0) is 6.54 Å². The summed E-state index contributed by atoms with van der Waals surface area (Å²) >= 11 is 0. The number of carboxylic acid groups (broad SMARTS) is 1. The number of rotatable bonds is 6. The Labute approximate surface area is 100 Å². The van der Waals surface area contributed by atoms with Crippen molar-refractivity contribution in [2.45, 2.75) is 19.4 Å². The van der Waals surface area contributed by atoms with E-state index in [1.54, 1.807) is 6.20 Å². The second kappa shape index (κ2) is 9.76. The highest BCUT2D eigenvalue weighted by Gasteiger charge is 2.12. The zero-order chi connectivity index (χ0) is 13.1. The molecule has 1 atom stereocenters. The SMILES string of the molecule is CCNCCO.N[C@@H](Cc1c[nH]cn1)C(=O)O. The number of hydrogen-bond donors (Lipinski definition) is 5. The van der Waals surface area contributed by atoms with E-state index in [-0.39, 0.29) is 13.0 Å². The number of nitrogens with one attached hydrogen (secondary N) is 2. The van der Waals surface area contributed by atoms with Crippen molar-refractivity contribution < 1.29 is 15.0 Å². The lowest BCUT2D eigenvalue weighted by atomic mass is 10.2. The van der Waals surface area contributed by atoms with E-state index in [9.17, 15) is 4.79 Å². The smallest absolute Gasteiger partial charge is 0.320 e. The summed E-state index contributed by atoms with van der Waals surface area (Å²) in [4.78, 5) is 16.8. The van der Waals surface area contributed by atoms with Gasteiger partial charge < -0.3 is 26.2 Å². The molecule has 7 heteroatoms. The number of carbonyl (C=O) groups is 1. The molecule has 1 aromatic heterocycles. The molecule has 0 amide bonds. The Morgan fingerprint density at radius 1 is 1.71 bits per heavy atom. The molecule has 0 radical (unpaired) electrons. The van der Waals surface area contributed by atoms with Crippen LogP contribution in [-0.4, -0.2) is 51.9 Å². The number of H-pyrrole nitrogens is 1. The Bertz CT molecular complexity index is 286. The molecule has 17 heavy (non-hydrogen) atoms. The van der Waals surface area contributed by atoms with E-state index in [0.717, 1.165) is 13.1 Å². The van der Waals surface area contributed by atoms with Gasteiger partial charge in [0.1, 0.15) is 6.04 Å². The number of aliphatic carboxylic acids is 1. The molecule has 7 nitrogen and oxygen atoms in total. The minimum Gasteiger partial charge on any atom is -0.480 e. The normalized spacial score (nSPS) is 11.5. The Morgan fingerprint density at radius 2 is 2.41 bits per heavy atom. The van der Waals surface area contributed by atoms with E-state index < -0.39 is 12.0 Å². The van der Waals surface area contributed by atoms with Crippen LogP contribution in [0.2, 0.25) is 0 Å². The number of carboxylic acids is 1. The van der Waals surface area contributed by atoms with Crippen LogP contribution in [0.1, 0.15) is 12.6 Å². The molecule has 0 aromatic carbocycles. The third kappa shape index (κ3) is 8.38. The molecule has 1 heterocycles. The quantitative estimate of drug-likeness (QED) is 0.407. The van der Waals surface area contributed by atoms with Crippen LogP contribution in [0.4, 0.5) is 0 Å². The van der Waals surface area contributed by atoms with Gasteiger partial charge in [-0.3, -0.25) is 4.79 Å². The zero-order valence-corrected chi connectivity index (χ0v) is 9.89. The largest absolute Gasteiger partial charge is 0.480 e. The van der Waals surface area contributed by atoms with E-state index in [1.165, 1.54) is 6.33 Å². The van der Waals surface area contributed by atoms with Crippen molar-refractivity contribution in [2.24, 2.45) is 5.73 Å². The van der Waals surface area contributed by atoms with Crippen LogP contribution in [0.25, 0.3) is 0 Å². The molecule has 0 saturated heterocycles. The fourth-order valence-corrected chi connectivity index (χ4v) is 0.971. The van der Waals surface area contributed by atoms with E-state index in [2.05, 4.69) is 15.3 Å². The number of aliphatic hydroxyl groups excluding tert-OH is 1. The number of aliphatic hydroxyl groups is 1. The second-order valence-electron chi connectivity index (χ2n) is 3.29. The monoisotopic (exact) mass is 244 g/mol. The lowest BCUT2D eigenvalue weighted by Crippen LogP contribution is -2.32. The number of imidazole rings is 1. The van der Waals surface area contributed by atoms with Gasteiger partial charge >= 0.3 is 5.97 Å². The number of likely N-dealkylation sites (N-methyl/N-ethyl adjacent to an activating group) is 1. The zero-order valence-electron chi connectivity index (χ0n) is 9.89. The van der Waals surface area contributed by atoms with Crippen LogP contribution in [0.15, 0.2) is 12.5 Å². The van der Waals surface area contributed by atoms with Crippen molar-refractivity contribution in [3.05, 3.63) is 18.2 Å². The van der Waals surface area contributed by atoms with Crippen LogP contribution in [-0.2, 0) is 11.2 Å². The Hall–Kier alpha value is -1.44. The molecule has 0 unspecified atom stereocenters. The molecule has 98 valence electrons. The lowest BCUT2D eigenvalue weighted by molar-refractivity contribution is -0.138. The van der Waals surface area contributed by atoms with Crippen molar-refractivity contribution in [1.82, 2.24) is 15.3 Å². The number of nitrogens with two attached hydrogens (primary N) is 1. The Kier molecular flexibility index (Phi) is 8.94. The van der Waals surface area contributed by atoms with Crippen LogP contribution < -0.4 is 11.1 Å². The second-order valence-corrected chi connectivity index (χ2v) is 3.29. The molecule has 0 fully saturated rings. The third-order valence-electron chi connectivity index (χ3n) is 1.84. The maximum absolute atomic E-state index is 10.3. The summed E-state index contributed by atoms with van der Waals surface area (Å²) < 4.78 is 0. The van der Waals surface area contributed by atoms with E-state index in [1.807, 2.05) is 6.92 Å². The molecule has 1 aromatic rings. The van der Waals surface area contributed by atoms with Crippen LogP contribution in [0.3, 0.4) is 0 Å². The lowest BCUT2D eigenvalue weighted by Gasteiger charge is -2.01. The van der Waals surface area contributed by atoms with Crippen molar-refractivity contribution in [2.75, 3.05) is 19.7 Å². The van der Waals surface area contributed by atoms with Crippen molar-refractivity contribution in [3.8, 4) is 0 Å². The van der Waals surface area contributed by atoms with Gasteiger partial charge in [0.05, 0.1) is 18.6 Å². The van der Waals surface area contributed by atoms with Gasteiger partial charge in [-0.1, -0.05) is 6.92 Å². The maximum atomic E-state index is 10.3.